The van der Waals surface area contributed by atoms with E-state index in [4.69, 9.17) is 4.74 Å². The molecule has 6 nitrogen and oxygen atoms in total. The van der Waals surface area contributed by atoms with Gasteiger partial charge in [0.15, 0.2) is 5.96 Å². The van der Waals surface area contributed by atoms with Crippen LogP contribution in [0.1, 0.15) is 20.8 Å². The summed E-state index contributed by atoms with van der Waals surface area (Å²) in [4.78, 5) is 9.17. The van der Waals surface area contributed by atoms with Crippen LogP contribution in [0.25, 0.3) is 0 Å². The maximum Gasteiger partial charge on any atom is 0.193 e. The molecule has 0 bridgehead atoms. The Labute approximate surface area is 152 Å². The van der Waals surface area contributed by atoms with Crippen LogP contribution in [0.5, 0.6) is 5.75 Å². The van der Waals surface area contributed by atoms with Gasteiger partial charge < -0.3 is 25.2 Å². The first kappa shape index (κ1) is 19.4. The van der Waals surface area contributed by atoms with Gasteiger partial charge in [-0.1, -0.05) is 0 Å². The smallest absolute Gasteiger partial charge is 0.193 e. The number of hydrogen-bond acceptors (Lipinski definition) is 4. The molecule has 140 valence electrons. The van der Waals surface area contributed by atoms with E-state index in [-0.39, 0.29) is 5.54 Å². The molecular weight excluding hydrogens is 314 g/mol. The number of nitrogens with zero attached hydrogens (tertiary/aromatic N) is 3. The third-order valence-electron chi connectivity index (χ3n) is 4.29. The summed E-state index contributed by atoms with van der Waals surface area (Å²) in [5.74, 6) is 1.89. The average molecular weight is 348 g/mol. The predicted molar refractivity (Wildman–Crippen MR) is 106 cm³/mol. The van der Waals surface area contributed by atoms with Gasteiger partial charge in [-0.15, -0.1) is 0 Å². The first-order valence-electron chi connectivity index (χ1n) is 9.02. The molecule has 1 heterocycles. The van der Waals surface area contributed by atoms with E-state index < -0.39 is 0 Å². The molecule has 25 heavy (non-hydrogen) atoms. The normalized spacial score (nSPS) is 16.1. The molecule has 1 aromatic carbocycles. The van der Waals surface area contributed by atoms with Crippen LogP contribution in [0, 0.1) is 0 Å². The van der Waals surface area contributed by atoms with Crippen LogP contribution in [-0.4, -0.2) is 69.8 Å². The van der Waals surface area contributed by atoms with E-state index in [9.17, 15) is 0 Å². The van der Waals surface area contributed by atoms with Crippen LogP contribution in [0.4, 0.5) is 5.69 Å². The molecular formula is C19H33N5O. The van der Waals surface area contributed by atoms with Crippen LogP contribution in [0.3, 0.4) is 0 Å². The van der Waals surface area contributed by atoms with Gasteiger partial charge in [-0.05, 0) is 45.0 Å². The highest BCUT2D eigenvalue weighted by atomic mass is 16.5. The number of hydrogen-bond donors (Lipinski definition) is 2. The van der Waals surface area contributed by atoms with Gasteiger partial charge in [0.05, 0.1) is 7.11 Å². The number of ether oxygens (including phenoxy) is 1. The molecule has 0 aliphatic carbocycles. The first-order valence-corrected chi connectivity index (χ1v) is 9.02. The molecule has 2 N–H and O–H groups in total. The highest BCUT2D eigenvalue weighted by Crippen LogP contribution is 2.20. The lowest BCUT2D eigenvalue weighted by Crippen LogP contribution is -2.53. The minimum absolute atomic E-state index is 0.148. The van der Waals surface area contributed by atoms with E-state index in [1.807, 2.05) is 19.2 Å². The van der Waals surface area contributed by atoms with Gasteiger partial charge in [-0.25, -0.2) is 0 Å². The van der Waals surface area contributed by atoms with Gasteiger partial charge in [0, 0.05) is 57.5 Å². The molecule has 1 aliphatic rings. The number of guanidine groups is 1. The standard InChI is InChI=1S/C19H33N5O/c1-19(2,3)22-11-10-21-18(20-4)24-14-12-23(13-15-24)16-6-8-17(25-5)9-7-16/h6-9,22H,10-15H2,1-5H3,(H,20,21). The van der Waals surface area contributed by atoms with E-state index >= 15 is 0 Å². The minimum atomic E-state index is 0.148. The van der Waals surface area contributed by atoms with Crippen molar-refractivity contribution in [3.8, 4) is 5.75 Å². The molecule has 0 radical (unpaired) electrons. The molecule has 0 spiro atoms. The minimum Gasteiger partial charge on any atom is -0.497 e. The quantitative estimate of drug-likeness (QED) is 0.483. The molecule has 2 rings (SSSR count). The van der Waals surface area contributed by atoms with Crippen molar-refractivity contribution in [2.75, 3.05) is 58.3 Å². The number of methoxy groups -OCH3 is 1. The first-order chi connectivity index (χ1) is 11.9. The van der Waals surface area contributed by atoms with Crippen molar-refractivity contribution in [2.24, 2.45) is 4.99 Å². The average Bonchev–Trinajstić information content (AvgIpc) is 2.61. The fourth-order valence-corrected chi connectivity index (χ4v) is 2.91. The summed E-state index contributed by atoms with van der Waals surface area (Å²) in [6.45, 7) is 12.3. The van der Waals surface area contributed by atoms with Crippen molar-refractivity contribution >= 4 is 11.6 Å². The van der Waals surface area contributed by atoms with Crippen molar-refractivity contribution in [2.45, 2.75) is 26.3 Å². The molecule has 0 saturated carbocycles. The summed E-state index contributed by atoms with van der Waals surface area (Å²) in [5, 5.41) is 6.95. The summed E-state index contributed by atoms with van der Waals surface area (Å²) >= 11 is 0. The third-order valence-corrected chi connectivity index (χ3v) is 4.29. The topological polar surface area (TPSA) is 52.1 Å². The molecule has 6 heteroatoms. The molecule has 0 atom stereocenters. The van der Waals surface area contributed by atoms with Gasteiger partial charge in [0.25, 0.3) is 0 Å². The highest BCUT2D eigenvalue weighted by molar-refractivity contribution is 5.80. The van der Waals surface area contributed by atoms with Gasteiger partial charge >= 0.3 is 0 Å². The van der Waals surface area contributed by atoms with Gasteiger partial charge in [0.2, 0.25) is 0 Å². The maximum absolute atomic E-state index is 5.23. The second kappa shape index (κ2) is 8.94. The Morgan fingerprint density at radius 3 is 2.24 bits per heavy atom. The third kappa shape index (κ3) is 6.12. The SMILES string of the molecule is CN=C(NCCNC(C)(C)C)N1CCN(c2ccc(OC)cc2)CC1. The lowest BCUT2D eigenvalue weighted by molar-refractivity contribution is 0.369. The fraction of sp³-hybridized carbons (Fsp3) is 0.632. The summed E-state index contributed by atoms with van der Waals surface area (Å²) in [7, 11) is 3.55. The van der Waals surface area contributed by atoms with E-state index in [1.165, 1.54) is 5.69 Å². The summed E-state index contributed by atoms with van der Waals surface area (Å²) in [6, 6.07) is 8.29. The zero-order valence-electron chi connectivity index (χ0n) is 16.3. The van der Waals surface area contributed by atoms with E-state index in [2.05, 4.69) is 58.3 Å². The van der Waals surface area contributed by atoms with Crippen molar-refractivity contribution in [3.05, 3.63) is 24.3 Å². The number of rotatable bonds is 5. The molecule has 1 aliphatic heterocycles. The monoisotopic (exact) mass is 347 g/mol. The zero-order valence-corrected chi connectivity index (χ0v) is 16.3. The van der Waals surface area contributed by atoms with Crippen LogP contribution < -0.4 is 20.3 Å². The van der Waals surface area contributed by atoms with E-state index in [1.54, 1.807) is 7.11 Å². The number of anilines is 1. The number of aliphatic imine (C=N–C) groups is 1. The van der Waals surface area contributed by atoms with Gasteiger partial charge in [-0.3, -0.25) is 4.99 Å². The molecule has 0 amide bonds. The Balaban J connectivity index is 1.79. The van der Waals surface area contributed by atoms with Crippen LogP contribution >= 0.6 is 0 Å². The predicted octanol–water partition coefficient (Wildman–Crippen LogP) is 1.78. The zero-order chi connectivity index (χ0) is 18.3. The fourth-order valence-electron chi connectivity index (χ4n) is 2.91. The Kier molecular flexibility index (Phi) is 6.93. The van der Waals surface area contributed by atoms with Gasteiger partial charge in [-0.2, -0.15) is 0 Å². The van der Waals surface area contributed by atoms with E-state index in [0.717, 1.165) is 51.0 Å². The molecule has 1 fully saturated rings. The Bertz CT molecular complexity index is 542. The summed E-state index contributed by atoms with van der Waals surface area (Å²) in [5.41, 5.74) is 1.40. The Morgan fingerprint density at radius 1 is 1.08 bits per heavy atom. The van der Waals surface area contributed by atoms with Crippen LogP contribution in [0.2, 0.25) is 0 Å². The van der Waals surface area contributed by atoms with Crippen molar-refractivity contribution < 1.29 is 4.74 Å². The molecule has 1 aromatic rings. The number of nitrogens with one attached hydrogen (secondary N) is 2. The summed E-state index contributed by atoms with van der Waals surface area (Å²) < 4.78 is 5.23. The summed E-state index contributed by atoms with van der Waals surface area (Å²) in [6.07, 6.45) is 0. The highest BCUT2D eigenvalue weighted by Gasteiger charge is 2.19. The van der Waals surface area contributed by atoms with Crippen molar-refractivity contribution in [3.63, 3.8) is 0 Å². The molecule has 0 unspecified atom stereocenters. The largest absolute Gasteiger partial charge is 0.497 e. The van der Waals surface area contributed by atoms with Gasteiger partial charge in [0.1, 0.15) is 5.75 Å². The molecule has 1 saturated heterocycles. The number of benzene rings is 1. The Hall–Kier alpha value is -1.95. The Morgan fingerprint density at radius 2 is 1.72 bits per heavy atom. The van der Waals surface area contributed by atoms with Crippen LogP contribution in [0.15, 0.2) is 29.3 Å². The second-order valence-corrected chi connectivity index (χ2v) is 7.32. The van der Waals surface area contributed by atoms with Crippen molar-refractivity contribution in [1.29, 1.82) is 0 Å². The molecule has 0 aromatic heterocycles. The lowest BCUT2D eigenvalue weighted by atomic mass is 10.1. The maximum atomic E-state index is 5.23. The second-order valence-electron chi connectivity index (χ2n) is 7.32. The lowest BCUT2D eigenvalue weighted by Gasteiger charge is -2.37. The van der Waals surface area contributed by atoms with Crippen molar-refractivity contribution in [1.82, 2.24) is 15.5 Å². The van der Waals surface area contributed by atoms with Crippen LogP contribution in [-0.2, 0) is 0 Å². The van der Waals surface area contributed by atoms with E-state index in [0.29, 0.717) is 0 Å². The number of piperazine rings is 1.